The molecule has 104 valence electrons. The standard InChI is InChI=1S/C11H6ClF3N4O/c12-8-1-7(11(13,14)15)3-17-10(8)19-4-6(2-16)9(5-20)18-19/h1,3-5,9,18H. The molecule has 0 fully saturated rings. The first-order valence-corrected chi connectivity index (χ1v) is 5.60. The number of halogens is 4. The van der Waals surface area contributed by atoms with Crippen molar-refractivity contribution < 1.29 is 18.0 Å². The fraction of sp³-hybridized carbons (Fsp3) is 0.182. The highest BCUT2D eigenvalue weighted by Gasteiger charge is 2.33. The number of nitriles is 1. The summed E-state index contributed by atoms with van der Waals surface area (Å²) in [5.74, 6) is -0.0308. The molecule has 2 heterocycles. The van der Waals surface area contributed by atoms with E-state index in [-0.39, 0.29) is 16.4 Å². The fourth-order valence-electron chi connectivity index (χ4n) is 1.56. The second kappa shape index (κ2) is 5.11. The van der Waals surface area contributed by atoms with Crippen LogP contribution in [0.15, 0.2) is 24.0 Å². The second-order valence-corrected chi connectivity index (χ2v) is 4.24. The molecule has 20 heavy (non-hydrogen) atoms. The van der Waals surface area contributed by atoms with E-state index in [0.717, 1.165) is 11.1 Å². The topological polar surface area (TPSA) is 69.0 Å². The van der Waals surface area contributed by atoms with Crippen molar-refractivity contribution in [1.29, 1.82) is 5.26 Å². The number of nitrogens with zero attached hydrogens (tertiary/aromatic N) is 3. The molecule has 1 aromatic rings. The lowest BCUT2D eigenvalue weighted by Crippen LogP contribution is -2.37. The molecule has 0 aliphatic carbocycles. The number of carbonyl (C=O) groups is 1. The molecule has 9 heteroatoms. The maximum Gasteiger partial charge on any atom is 0.417 e. The number of hydrazine groups is 1. The van der Waals surface area contributed by atoms with E-state index in [1.807, 2.05) is 0 Å². The summed E-state index contributed by atoms with van der Waals surface area (Å²) in [6, 6.07) is 1.64. The number of hydrogen-bond acceptors (Lipinski definition) is 5. The van der Waals surface area contributed by atoms with Gasteiger partial charge in [0.05, 0.1) is 22.2 Å². The summed E-state index contributed by atoms with van der Waals surface area (Å²) in [7, 11) is 0. The zero-order chi connectivity index (χ0) is 14.9. The average molecular weight is 303 g/mol. The lowest BCUT2D eigenvalue weighted by atomic mass is 10.2. The Labute approximate surface area is 116 Å². The Morgan fingerprint density at radius 1 is 1.55 bits per heavy atom. The third-order valence-electron chi connectivity index (χ3n) is 2.52. The lowest BCUT2D eigenvalue weighted by Gasteiger charge is -2.18. The molecule has 0 saturated carbocycles. The van der Waals surface area contributed by atoms with Crippen molar-refractivity contribution in [2.75, 3.05) is 5.01 Å². The molecule has 2 rings (SSSR count). The molecular weight excluding hydrogens is 297 g/mol. The van der Waals surface area contributed by atoms with Gasteiger partial charge in [0.15, 0.2) is 5.82 Å². The van der Waals surface area contributed by atoms with E-state index in [2.05, 4.69) is 10.4 Å². The Morgan fingerprint density at radius 3 is 2.70 bits per heavy atom. The van der Waals surface area contributed by atoms with Crippen molar-refractivity contribution in [3.63, 3.8) is 0 Å². The highest BCUT2D eigenvalue weighted by Crippen LogP contribution is 2.34. The highest BCUT2D eigenvalue weighted by molar-refractivity contribution is 6.33. The van der Waals surface area contributed by atoms with E-state index in [9.17, 15) is 18.0 Å². The van der Waals surface area contributed by atoms with Crippen LogP contribution in [0, 0.1) is 11.3 Å². The van der Waals surface area contributed by atoms with Gasteiger partial charge in [0.2, 0.25) is 0 Å². The van der Waals surface area contributed by atoms with Crippen LogP contribution in [0.5, 0.6) is 0 Å². The molecular formula is C11H6ClF3N4O. The number of pyridine rings is 1. The first-order chi connectivity index (χ1) is 9.36. The monoisotopic (exact) mass is 302 g/mol. The minimum atomic E-state index is -4.55. The van der Waals surface area contributed by atoms with Gasteiger partial charge in [-0.2, -0.15) is 18.4 Å². The van der Waals surface area contributed by atoms with Crippen LogP contribution in [0.3, 0.4) is 0 Å². The Kier molecular flexibility index (Phi) is 3.65. The largest absolute Gasteiger partial charge is 0.417 e. The van der Waals surface area contributed by atoms with Crippen molar-refractivity contribution in [3.05, 3.63) is 34.6 Å². The number of aromatic nitrogens is 1. The van der Waals surface area contributed by atoms with Crippen LogP contribution in [0.1, 0.15) is 5.56 Å². The van der Waals surface area contributed by atoms with Gasteiger partial charge < -0.3 is 4.79 Å². The van der Waals surface area contributed by atoms with Gasteiger partial charge in [-0.15, -0.1) is 0 Å². The number of rotatable bonds is 2. The Hall–Kier alpha value is -2.11. The zero-order valence-corrected chi connectivity index (χ0v) is 10.4. The lowest BCUT2D eigenvalue weighted by molar-refractivity contribution is -0.137. The van der Waals surface area contributed by atoms with Gasteiger partial charge in [-0.1, -0.05) is 11.6 Å². The minimum Gasteiger partial charge on any atom is -0.301 e. The average Bonchev–Trinajstić information content (AvgIpc) is 2.80. The Morgan fingerprint density at radius 2 is 2.25 bits per heavy atom. The molecule has 0 aromatic carbocycles. The smallest absolute Gasteiger partial charge is 0.301 e. The summed E-state index contributed by atoms with van der Waals surface area (Å²) in [5.41, 5.74) is 1.70. The number of aldehydes is 1. The number of alkyl halides is 3. The third-order valence-corrected chi connectivity index (χ3v) is 2.80. The SMILES string of the molecule is N#CC1=CN(c2ncc(C(F)(F)F)cc2Cl)NC1C=O. The molecule has 5 nitrogen and oxygen atoms in total. The molecule has 1 N–H and O–H groups in total. The van der Waals surface area contributed by atoms with Gasteiger partial charge in [-0.05, 0) is 6.07 Å². The molecule has 0 amide bonds. The van der Waals surface area contributed by atoms with Gasteiger partial charge in [-0.3, -0.25) is 5.01 Å². The van der Waals surface area contributed by atoms with Gasteiger partial charge in [0.1, 0.15) is 12.3 Å². The summed E-state index contributed by atoms with van der Waals surface area (Å²) >= 11 is 5.75. The normalized spacial score (nSPS) is 18.6. The van der Waals surface area contributed by atoms with E-state index >= 15 is 0 Å². The molecule has 0 bridgehead atoms. The summed E-state index contributed by atoms with van der Waals surface area (Å²) in [5, 5.41) is 9.69. The van der Waals surface area contributed by atoms with Crippen molar-refractivity contribution in [1.82, 2.24) is 10.4 Å². The molecule has 1 unspecified atom stereocenters. The van der Waals surface area contributed by atoms with Crippen LogP contribution < -0.4 is 10.4 Å². The minimum absolute atomic E-state index is 0.0308. The summed E-state index contributed by atoms with van der Waals surface area (Å²) in [4.78, 5) is 14.3. The first kappa shape index (κ1) is 14.3. The number of nitrogens with one attached hydrogen (secondary N) is 1. The maximum atomic E-state index is 12.5. The van der Waals surface area contributed by atoms with Gasteiger partial charge in [0.25, 0.3) is 0 Å². The summed E-state index contributed by atoms with van der Waals surface area (Å²) in [6.07, 6.45) is -2.18. The van der Waals surface area contributed by atoms with Gasteiger partial charge >= 0.3 is 6.18 Å². The Bertz CT molecular complexity index is 623. The van der Waals surface area contributed by atoms with Crippen molar-refractivity contribution in [2.45, 2.75) is 12.2 Å². The summed E-state index contributed by atoms with van der Waals surface area (Å²) in [6.45, 7) is 0. The summed E-state index contributed by atoms with van der Waals surface area (Å²) < 4.78 is 37.4. The predicted molar refractivity (Wildman–Crippen MR) is 63.4 cm³/mol. The van der Waals surface area contributed by atoms with E-state index in [0.29, 0.717) is 12.5 Å². The molecule has 0 radical (unpaired) electrons. The number of anilines is 1. The van der Waals surface area contributed by atoms with E-state index in [4.69, 9.17) is 16.9 Å². The van der Waals surface area contributed by atoms with Crippen molar-refractivity contribution in [3.8, 4) is 6.07 Å². The van der Waals surface area contributed by atoms with E-state index in [1.54, 1.807) is 6.07 Å². The van der Waals surface area contributed by atoms with Crippen LogP contribution >= 0.6 is 11.6 Å². The van der Waals surface area contributed by atoms with Crippen LogP contribution in [0.25, 0.3) is 0 Å². The van der Waals surface area contributed by atoms with E-state index < -0.39 is 17.8 Å². The second-order valence-electron chi connectivity index (χ2n) is 3.84. The van der Waals surface area contributed by atoms with Gasteiger partial charge in [-0.25, -0.2) is 10.4 Å². The van der Waals surface area contributed by atoms with Crippen molar-refractivity contribution >= 4 is 23.7 Å². The van der Waals surface area contributed by atoms with E-state index in [1.165, 1.54) is 6.20 Å². The predicted octanol–water partition coefficient (Wildman–Crippen LogP) is 2.05. The molecule has 1 aromatic heterocycles. The fourth-order valence-corrected chi connectivity index (χ4v) is 1.82. The third kappa shape index (κ3) is 2.59. The maximum absolute atomic E-state index is 12.5. The molecule has 0 spiro atoms. The highest BCUT2D eigenvalue weighted by atomic mass is 35.5. The molecule has 0 saturated heterocycles. The number of hydrogen-bond donors (Lipinski definition) is 1. The first-order valence-electron chi connectivity index (χ1n) is 5.22. The van der Waals surface area contributed by atoms with Crippen LogP contribution in [0.2, 0.25) is 5.02 Å². The van der Waals surface area contributed by atoms with Gasteiger partial charge in [0, 0.05) is 12.4 Å². The quantitative estimate of drug-likeness (QED) is 0.847. The molecule has 1 atom stereocenters. The molecule has 1 aliphatic rings. The zero-order valence-electron chi connectivity index (χ0n) is 9.65. The van der Waals surface area contributed by atoms with Crippen molar-refractivity contribution in [2.24, 2.45) is 0 Å². The number of carbonyl (C=O) groups excluding carboxylic acids is 1. The van der Waals surface area contributed by atoms with Crippen LogP contribution in [0.4, 0.5) is 19.0 Å². The molecule has 1 aliphatic heterocycles. The Balaban J connectivity index is 2.35. The van der Waals surface area contributed by atoms with Crippen LogP contribution in [-0.4, -0.2) is 17.3 Å². The van der Waals surface area contributed by atoms with Crippen LogP contribution in [-0.2, 0) is 11.0 Å².